The highest BCUT2D eigenvalue weighted by atomic mass is 35.5. The van der Waals surface area contributed by atoms with Crippen molar-refractivity contribution in [1.82, 2.24) is 0 Å². The quantitative estimate of drug-likeness (QED) is 0.743. The van der Waals surface area contributed by atoms with E-state index in [1.807, 2.05) is 0 Å². The number of hydrogen-bond acceptors (Lipinski definition) is 5. The Labute approximate surface area is 125 Å². The molecule has 0 saturated carbocycles. The highest BCUT2D eigenvalue weighted by Gasteiger charge is 2.20. The predicted octanol–water partition coefficient (Wildman–Crippen LogP) is 2.10. The molecule has 1 rings (SSSR count). The van der Waals surface area contributed by atoms with Crippen LogP contribution in [0.3, 0.4) is 0 Å². The van der Waals surface area contributed by atoms with E-state index < -0.39 is 18.2 Å². The molecule has 0 aliphatic heterocycles. The van der Waals surface area contributed by atoms with Crippen LogP contribution < -0.4 is 0 Å². The minimum Gasteiger partial charge on any atom is -0.478 e. The fourth-order valence-electron chi connectivity index (χ4n) is 1.59. The third-order valence-electron chi connectivity index (χ3n) is 2.65. The van der Waals surface area contributed by atoms with Crippen LogP contribution in [0.25, 0.3) is 0 Å². The van der Waals surface area contributed by atoms with Gasteiger partial charge in [-0.25, -0.2) is 4.79 Å². The minimum atomic E-state index is -1.22. The molecule has 2 unspecified atom stereocenters. The molecule has 20 heavy (non-hydrogen) atoms. The zero-order valence-corrected chi connectivity index (χ0v) is 12.3. The lowest BCUT2D eigenvalue weighted by Gasteiger charge is -2.18. The molecule has 0 radical (unpaired) electrons. The first-order valence-corrected chi connectivity index (χ1v) is 7.21. The minimum absolute atomic E-state index is 0.0636. The van der Waals surface area contributed by atoms with Crippen LogP contribution in [0.5, 0.6) is 0 Å². The van der Waals surface area contributed by atoms with Crippen molar-refractivity contribution in [2.45, 2.75) is 25.6 Å². The lowest BCUT2D eigenvalue weighted by atomic mass is 10.0. The first kappa shape index (κ1) is 17.0. The fourth-order valence-corrected chi connectivity index (χ4v) is 2.44. The SMILES string of the molecule is CC(=O)SCCC(O)C(O)c1ccc(Cl)c(C(=O)O)c1. The molecule has 0 saturated heterocycles. The van der Waals surface area contributed by atoms with Gasteiger partial charge in [-0.1, -0.05) is 29.4 Å². The lowest BCUT2D eigenvalue weighted by Crippen LogP contribution is -2.19. The molecule has 0 aliphatic rings. The molecule has 2 atom stereocenters. The average Bonchev–Trinajstić information content (AvgIpc) is 2.37. The predicted molar refractivity (Wildman–Crippen MR) is 77.1 cm³/mol. The van der Waals surface area contributed by atoms with Crippen LogP contribution in [0.15, 0.2) is 18.2 Å². The van der Waals surface area contributed by atoms with Crippen molar-refractivity contribution in [2.24, 2.45) is 0 Å². The van der Waals surface area contributed by atoms with Crippen molar-refractivity contribution >= 4 is 34.4 Å². The van der Waals surface area contributed by atoms with Crippen LogP contribution >= 0.6 is 23.4 Å². The van der Waals surface area contributed by atoms with E-state index in [1.54, 1.807) is 0 Å². The number of carboxylic acid groups (broad SMARTS) is 1. The number of halogens is 1. The smallest absolute Gasteiger partial charge is 0.337 e. The molecule has 0 fully saturated rings. The van der Waals surface area contributed by atoms with Crippen LogP contribution in [0.4, 0.5) is 0 Å². The molecular formula is C13H15ClO5S. The summed E-state index contributed by atoms with van der Waals surface area (Å²) in [5.41, 5.74) is 0.139. The Morgan fingerprint density at radius 3 is 2.55 bits per heavy atom. The first-order chi connectivity index (χ1) is 9.32. The normalized spacial score (nSPS) is 13.8. The molecule has 1 aromatic carbocycles. The molecule has 110 valence electrons. The van der Waals surface area contributed by atoms with Gasteiger partial charge >= 0.3 is 5.97 Å². The van der Waals surface area contributed by atoms with Crippen molar-refractivity contribution in [1.29, 1.82) is 0 Å². The van der Waals surface area contributed by atoms with Crippen LogP contribution in [-0.4, -0.2) is 38.3 Å². The van der Waals surface area contributed by atoms with Gasteiger partial charge < -0.3 is 15.3 Å². The summed E-state index contributed by atoms with van der Waals surface area (Å²) in [6.45, 7) is 1.42. The van der Waals surface area contributed by atoms with Crippen LogP contribution in [0.2, 0.25) is 5.02 Å². The van der Waals surface area contributed by atoms with Crippen LogP contribution in [-0.2, 0) is 4.79 Å². The largest absolute Gasteiger partial charge is 0.478 e. The van der Waals surface area contributed by atoms with E-state index in [4.69, 9.17) is 16.7 Å². The molecule has 0 spiro atoms. The fraction of sp³-hybridized carbons (Fsp3) is 0.385. The number of carbonyl (C=O) groups excluding carboxylic acids is 1. The van der Waals surface area contributed by atoms with Gasteiger partial charge in [-0.2, -0.15) is 0 Å². The van der Waals surface area contributed by atoms with Gasteiger partial charge in [0.2, 0.25) is 0 Å². The van der Waals surface area contributed by atoms with Crippen molar-refractivity contribution < 1.29 is 24.9 Å². The summed E-state index contributed by atoms with van der Waals surface area (Å²) in [6.07, 6.45) is -2.08. The number of hydrogen-bond donors (Lipinski definition) is 3. The Bertz CT molecular complexity index is 506. The van der Waals surface area contributed by atoms with Gasteiger partial charge in [0.1, 0.15) is 6.10 Å². The molecule has 7 heteroatoms. The topological polar surface area (TPSA) is 94.8 Å². The molecule has 0 heterocycles. The van der Waals surface area contributed by atoms with Crippen molar-refractivity contribution in [2.75, 3.05) is 5.75 Å². The van der Waals surface area contributed by atoms with E-state index in [0.717, 1.165) is 11.8 Å². The maximum atomic E-state index is 10.9. The number of carbonyl (C=O) groups is 2. The Kier molecular flexibility index (Phi) is 6.48. The van der Waals surface area contributed by atoms with E-state index in [-0.39, 0.29) is 27.7 Å². The number of benzene rings is 1. The van der Waals surface area contributed by atoms with Gasteiger partial charge in [0, 0.05) is 12.7 Å². The van der Waals surface area contributed by atoms with E-state index in [2.05, 4.69) is 0 Å². The Hall–Kier alpha value is -1.08. The molecule has 5 nitrogen and oxygen atoms in total. The van der Waals surface area contributed by atoms with Crippen LogP contribution in [0, 0.1) is 0 Å². The summed E-state index contributed by atoms with van der Waals surface area (Å²) in [5, 5.41) is 28.7. The third-order valence-corrected chi connectivity index (χ3v) is 3.82. The number of aromatic carboxylic acids is 1. The number of thioether (sulfide) groups is 1. The third kappa shape index (κ3) is 4.79. The number of aliphatic hydroxyl groups is 2. The summed E-state index contributed by atoms with van der Waals surface area (Å²) >= 11 is 6.79. The van der Waals surface area contributed by atoms with Gasteiger partial charge in [-0.05, 0) is 24.1 Å². The Balaban J connectivity index is 2.76. The lowest BCUT2D eigenvalue weighted by molar-refractivity contribution is -0.109. The van der Waals surface area contributed by atoms with Gasteiger partial charge in [0.15, 0.2) is 5.12 Å². The highest BCUT2D eigenvalue weighted by Crippen LogP contribution is 2.25. The second-order valence-corrected chi connectivity index (χ2v) is 5.86. The highest BCUT2D eigenvalue weighted by molar-refractivity contribution is 8.13. The van der Waals surface area contributed by atoms with E-state index in [0.29, 0.717) is 5.75 Å². The molecular weight excluding hydrogens is 304 g/mol. The average molecular weight is 319 g/mol. The molecule has 0 amide bonds. The van der Waals surface area contributed by atoms with Gasteiger partial charge in [-0.15, -0.1) is 0 Å². The van der Waals surface area contributed by atoms with Crippen LogP contribution in [0.1, 0.15) is 35.4 Å². The molecule has 0 bridgehead atoms. The van der Waals surface area contributed by atoms with E-state index in [9.17, 15) is 19.8 Å². The number of rotatable bonds is 6. The molecule has 0 aromatic heterocycles. The number of carboxylic acids is 1. The summed E-state index contributed by atoms with van der Waals surface area (Å²) in [4.78, 5) is 21.7. The van der Waals surface area contributed by atoms with Crippen molar-refractivity contribution in [3.63, 3.8) is 0 Å². The Morgan fingerprint density at radius 2 is 2.00 bits per heavy atom. The maximum Gasteiger partial charge on any atom is 0.337 e. The van der Waals surface area contributed by atoms with Crippen molar-refractivity contribution in [3.8, 4) is 0 Å². The van der Waals surface area contributed by atoms with Crippen molar-refractivity contribution in [3.05, 3.63) is 34.3 Å². The standard InChI is InChI=1S/C13H15ClO5S/c1-7(15)20-5-4-11(16)12(17)8-2-3-10(14)9(6-8)13(18)19/h2-3,6,11-12,16-17H,4-5H2,1H3,(H,18,19). The zero-order valence-electron chi connectivity index (χ0n) is 10.7. The molecule has 3 N–H and O–H groups in total. The van der Waals surface area contributed by atoms with E-state index in [1.165, 1.54) is 25.1 Å². The van der Waals surface area contributed by atoms with Gasteiger partial charge in [0.05, 0.1) is 16.7 Å². The molecule has 1 aromatic rings. The summed E-state index contributed by atoms with van der Waals surface area (Å²) in [5.74, 6) is -0.821. The second kappa shape index (κ2) is 7.64. The monoisotopic (exact) mass is 318 g/mol. The summed E-state index contributed by atoms with van der Waals surface area (Å²) < 4.78 is 0. The number of aliphatic hydroxyl groups excluding tert-OH is 2. The summed E-state index contributed by atoms with van der Waals surface area (Å²) in [7, 11) is 0. The zero-order chi connectivity index (χ0) is 15.3. The van der Waals surface area contributed by atoms with Gasteiger partial charge in [-0.3, -0.25) is 4.79 Å². The maximum absolute atomic E-state index is 10.9. The summed E-state index contributed by atoms with van der Waals surface area (Å²) in [6, 6.07) is 4.05. The second-order valence-electron chi connectivity index (χ2n) is 4.19. The van der Waals surface area contributed by atoms with Gasteiger partial charge in [0.25, 0.3) is 0 Å². The molecule has 0 aliphatic carbocycles. The first-order valence-electron chi connectivity index (χ1n) is 5.85. The van der Waals surface area contributed by atoms with E-state index >= 15 is 0 Å². The Morgan fingerprint density at radius 1 is 1.35 bits per heavy atom.